The van der Waals surface area contributed by atoms with E-state index in [0.29, 0.717) is 17.9 Å². The number of carbonyl (C=O) groups is 2. The second-order valence-corrected chi connectivity index (χ2v) is 6.18. The number of hydrogen-bond acceptors (Lipinski definition) is 7. The van der Waals surface area contributed by atoms with Gasteiger partial charge in [0.1, 0.15) is 0 Å². The number of aromatic nitrogens is 2. The quantitative estimate of drug-likeness (QED) is 0.534. The van der Waals surface area contributed by atoms with E-state index in [-0.39, 0.29) is 23.3 Å². The van der Waals surface area contributed by atoms with Gasteiger partial charge in [-0.15, -0.1) is 0 Å². The number of nitrogens with zero attached hydrogens (tertiary/aromatic N) is 3. The van der Waals surface area contributed by atoms with Crippen LogP contribution in [-0.4, -0.2) is 28.0 Å². The van der Waals surface area contributed by atoms with Crippen LogP contribution in [0.2, 0.25) is 0 Å². The Morgan fingerprint density at radius 3 is 2.68 bits per heavy atom. The second-order valence-electron chi connectivity index (χ2n) is 6.18. The monoisotopic (exact) mass is 381 g/mol. The van der Waals surface area contributed by atoms with Crippen LogP contribution in [0.4, 0.5) is 11.5 Å². The zero-order valence-electron chi connectivity index (χ0n) is 15.7. The summed E-state index contributed by atoms with van der Waals surface area (Å²) in [5.41, 5.74) is 13.1. The highest BCUT2D eigenvalue weighted by Gasteiger charge is 2.12. The minimum atomic E-state index is -0.535. The number of nitrogens with one attached hydrogen (secondary N) is 2. The Hall–Kier alpha value is -3.75. The van der Waals surface area contributed by atoms with Crippen LogP contribution in [0.1, 0.15) is 29.9 Å². The maximum atomic E-state index is 12.2. The zero-order chi connectivity index (χ0) is 20.5. The van der Waals surface area contributed by atoms with Gasteiger partial charge in [-0.25, -0.2) is 9.97 Å². The van der Waals surface area contributed by atoms with E-state index in [1.54, 1.807) is 0 Å². The first-order chi connectivity index (χ1) is 13.4. The molecule has 9 heteroatoms. The molecular formula is C19H23N7O2. The molecule has 2 rings (SSSR count). The average Bonchev–Trinajstić information content (AvgIpc) is 2.67. The van der Waals surface area contributed by atoms with E-state index in [0.717, 1.165) is 5.56 Å². The lowest BCUT2D eigenvalue weighted by Crippen LogP contribution is -2.26. The Kier molecular flexibility index (Phi) is 7.21. The van der Waals surface area contributed by atoms with E-state index in [4.69, 9.17) is 11.5 Å². The van der Waals surface area contributed by atoms with Gasteiger partial charge in [0.2, 0.25) is 5.91 Å². The topological polar surface area (TPSA) is 148 Å². The summed E-state index contributed by atoms with van der Waals surface area (Å²) in [5.74, 6) is -0.674. The summed E-state index contributed by atoms with van der Waals surface area (Å²) in [6.45, 7) is 3.99. The van der Waals surface area contributed by atoms with Gasteiger partial charge in [-0.3, -0.25) is 14.6 Å². The average molecular weight is 381 g/mol. The van der Waals surface area contributed by atoms with E-state index < -0.39 is 5.91 Å². The van der Waals surface area contributed by atoms with E-state index in [1.807, 2.05) is 38.1 Å². The Morgan fingerprint density at radius 1 is 1.25 bits per heavy atom. The third-order valence-electron chi connectivity index (χ3n) is 3.60. The van der Waals surface area contributed by atoms with Crippen molar-refractivity contribution in [2.24, 2.45) is 16.6 Å². The highest BCUT2D eigenvalue weighted by atomic mass is 16.2. The summed E-state index contributed by atoms with van der Waals surface area (Å²) in [7, 11) is 0. The SMILES string of the molecule is CC(C)C(=O)Nc1cccc(CN=CC(=CN)NC(=O)c2nccnc2N)c1. The van der Waals surface area contributed by atoms with Gasteiger partial charge in [-0.2, -0.15) is 0 Å². The number of hydrogen-bond donors (Lipinski definition) is 4. The van der Waals surface area contributed by atoms with Crippen molar-refractivity contribution in [3.8, 4) is 0 Å². The molecule has 2 aromatic rings. The van der Waals surface area contributed by atoms with Gasteiger partial charge in [0.25, 0.3) is 5.91 Å². The van der Waals surface area contributed by atoms with Crippen LogP contribution >= 0.6 is 0 Å². The van der Waals surface area contributed by atoms with Crippen LogP contribution in [0.5, 0.6) is 0 Å². The molecule has 0 unspecified atom stereocenters. The van der Waals surface area contributed by atoms with Crippen molar-refractivity contribution in [1.29, 1.82) is 0 Å². The number of benzene rings is 1. The summed E-state index contributed by atoms with van der Waals surface area (Å²) >= 11 is 0. The molecule has 9 nitrogen and oxygen atoms in total. The minimum absolute atomic E-state index is 0.00356. The first kappa shape index (κ1) is 20.6. The lowest BCUT2D eigenvalue weighted by molar-refractivity contribution is -0.118. The maximum absolute atomic E-state index is 12.2. The third kappa shape index (κ3) is 5.90. The minimum Gasteiger partial charge on any atom is -0.403 e. The molecule has 0 aliphatic rings. The standard InChI is InChI=1S/C19H23N7O2/c1-12(2)18(27)25-14-5-3-4-13(8-14)10-22-11-15(9-20)26-19(28)16-17(21)24-7-6-23-16/h3-9,11-12H,10,20H2,1-2H3,(H2,21,24)(H,25,27)(H,26,28). The molecule has 1 heterocycles. The fourth-order valence-corrected chi connectivity index (χ4v) is 2.11. The number of nitrogens with two attached hydrogens (primary N) is 2. The number of nitrogen functional groups attached to an aromatic ring is 1. The lowest BCUT2D eigenvalue weighted by atomic mass is 10.1. The lowest BCUT2D eigenvalue weighted by Gasteiger charge is -2.08. The van der Waals surface area contributed by atoms with E-state index in [9.17, 15) is 9.59 Å². The van der Waals surface area contributed by atoms with Gasteiger partial charge in [-0.1, -0.05) is 26.0 Å². The molecule has 1 aromatic carbocycles. The van der Waals surface area contributed by atoms with Crippen LogP contribution < -0.4 is 22.1 Å². The number of rotatable bonds is 7. The molecule has 0 saturated heterocycles. The number of allylic oxidation sites excluding steroid dienone is 1. The van der Waals surface area contributed by atoms with Crippen molar-refractivity contribution < 1.29 is 9.59 Å². The van der Waals surface area contributed by atoms with Gasteiger partial charge < -0.3 is 22.1 Å². The molecule has 28 heavy (non-hydrogen) atoms. The van der Waals surface area contributed by atoms with Crippen LogP contribution in [-0.2, 0) is 11.3 Å². The molecule has 1 aromatic heterocycles. The van der Waals surface area contributed by atoms with Crippen molar-refractivity contribution in [3.63, 3.8) is 0 Å². The van der Waals surface area contributed by atoms with Crippen LogP contribution in [0.25, 0.3) is 0 Å². The van der Waals surface area contributed by atoms with E-state index in [1.165, 1.54) is 24.8 Å². The number of aliphatic imine (C=N–C) groups is 1. The molecule has 0 aliphatic carbocycles. The van der Waals surface area contributed by atoms with Crippen LogP contribution in [0, 0.1) is 5.92 Å². The predicted octanol–water partition coefficient (Wildman–Crippen LogP) is 1.45. The van der Waals surface area contributed by atoms with Gasteiger partial charge in [0, 0.05) is 36.4 Å². The van der Waals surface area contributed by atoms with Crippen LogP contribution in [0.15, 0.2) is 53.5 Å². The van der Waals surface area contributed by atoms with Crippen molar-refractivity contribution in [2.75, 3.05) is 11.1 Å². The van der Waals surface area contributed by atoms with Crippen molar-refractivity contribution in [2.45, 2.75) is 20.4 Å². The summed E-state index contributed by atoms with van der Waals surface area (Å²) in [4.78, 5) is 35.9. The number of carbonyl (C=O) groups excluding carboxylic acids is 2. The number of anilines is 2. The highest BCUT2D eigenvalue weighted by molar-refractivity contribution is 6.00. The highest BCUT2D eigenvalue weighted by Crippen LogP contribution is 2.13. The molecule has 146 valence electrons. The Morgan fingerprint density at radius 2 is 2.00 bits per heavy atom. The summed E-state index contributed by atoms with van der Waals surface area (Å²) in [5, 5.41) is 5.41. The first-order valence-electron chi connectivity index (χ1n) is 8.60. The van der Waals surface area contributed by atoms with Crippen molar-refractivity contribution >= 4 is 29.5 Å². The summed E-state index contributed by atoms with van der Waals surface area (Å²) in [6, 6.07) is 7.36. The summed E-state index contributed by atoms with van der Waals surface area (Å²) < 4.78 is 0. The zero-order valence-corrected chi connectivity index (χ0v) is 15.7. The van der Waals surface area contributed by atoms with Gasteiger partial charge in [0.05, 0.1) is 12.2 Å². The fourth-order valence-electron chi connectivity index (χ4n) is 2.11. The first-order valence-corrected chi connectivity index (χ1v) is 8.60. The molecule has 0 atom stereocenters. The van der Waals surface area contributed by atoms with Crippen molar-refractivity contribution in [3.05, 3.63) is 59.8 Å². The molecule has 2 amide bonds. The third-order valence-corrected chi connectivity index (χ3v) is 3.60. The number of amides is 2. The molecule has 0 saturated carbocycles. The van der Waals surface area contributed by atoms with Gasteiger partial charge in [-0.05, 0) is 17.7 Å². The predicted molar refractivity (Wildman–Crippen MR) is 108 cm³/mol. The van der Waals surface area contributed by atoms with E-state index in [2.05, 4.69) is 25.6 Å². The molecule has 0 bridgehead atoms. The van der Waals surface area contributed by atoms with Gasteiger partial charge in [0.15, 0.2) is 11.5 Å². The largest absolute Gasteiger partial charge is 0.403 e. The summed E-state index contributed by atoms with van der Waals surface area (Å²) in [6.07, 6.45) is 5.41. The van der Waals surface area contributed by atoms with Crippen molar-refractivity contribution in [1.82, 2.24) is 15.3 Å². The smallest absolute Gasteiger partial charge is 0.278 e. The molecule has 6 N–H and O–H groups in total. The molecule has 0 fully saturated rings. The second kappa shape index (κ2) is 9.81. The Bertz CT molecular complexity index is 907. The fraction of sp³-hybridized carbons (Fsp3) is 0.211. The molecule has 0 aliphatic heterocycles. The Balaban J connectivity index is 1.98. The normalized spacial score (nSPS) is 11.6. The molecule has 0 spiro atoms. The molecule has 0 radical (unpaired) electrons. The Labute approximate surface area is 163 Å². The van der Waals surface area contributed by atoms with Crippen LogP contribution in [0.3, 0.4) is 0 Å². The maximum Gasteiger partial charge on any atom is 0.278 e. The molecular weight excluding hydrogens is 358 g/mol. The van der Waals surface area contributed by atoms with Gasteiger partial charge >= 0.3 is 0 Å². The van der Waals surface area contributed by atoms with E-state index >= 15 is 0 Å².